The van der Waals surface area contributed by atoms with E-state index >= 15 is 0 Å². The molecule has 1 amide bonds. The highest BCUT2D eigenvalue weighted by Crippen LogP contribution is 2.19. The molecule has 20 heavy (non-hydrogen) atoms. The number of carbonyl (C=O) groups excluding carboxylic acids is 1. The SMILES string of the molecule is CC(=O)NCCC[S@](=O)Cc1cccc2ccccc12. The van der Waals surface area contributed by atoms with E-state index in [1.54, 1.807) is 0 Å². The van der Waals surface area contributed by atoms with Gasteiger partial charge in [-0.2, -0.15) is 0 Å². The van der Waals surface area contributed by atoms with E-state index in [1.165, 1.54) is 17.7 Å². The first-order valence-corrected chi connectivity index (χ1v) is 8.21. The number of carbonyl (C=O) groups is 1. The molecule has 0 heterocycles. The minimum atomic E-state index is -0.893. The van der Waals surface area contributed by atoms with Gasteiger partial charge in [0.2, 0.25) is 5.91 Å². The Balaban J connectivity index is 1.94. The van der Waals surface area contributed by atoms with Crippen LogP contribution in [-0.4, -0.2) is 22.4 Å². The molecule has 2 rings (SSSR count). The van der Waals surface area contributed by atoms with Gasteiger partial charge in [-0.3, -0.25) is 9.00 Å². The van der Waals surface area contributed by atoms with Crippen molar-refractivity contribution in [1.82, 2.24) is 5.32 Å². The van der Waals surface area contributed by atoms with E-state index in [4.69, 9.17) is 0 Å². The summed E-state index contributed by atoms with van der Waals surface area (Å²) in [7, 11) is -0.893. The maximum atomic E-state index is 12.1. The standard InChI is InChI=1S/C16H19NO2S/c1-13(18)17-10-5-11-20(19)12-15-8-4-7-14-6-2-3-9-16(14)15/h2-4,6-9H,5,10-12H2,1H3,(H,17,18)/t20-/m0/s1. The predicted octanol–water partition coefficient (Wildman–Crippen LogP) is 2.61. The van der Waals surface area contributed by atoms with Crippen LogP contribution in [0.2, 0.25) is 0 Å². The molecule has 0 saturated carbocycles. The molecule has 1 atom stereocenters. The minimum Gasteiger partial charge on any atom is -0.356 e. The number of hydrogen-bond donors (Lipinski definition) is 1. The van der Waals surface area contributed by atoms with Crippen molar-refractivity contribution in [1.29, 1.82) is 0 Å². The van der Waals surface area contributed by atoms with Crippen molar-refractivity contribution in [2.24, 2.45) is 0 Å². The average molecular weight is 289 g/mol. The van der Waals surface area contributed by atoms with Gasteiger partial charge in [0.1, 0.15) is 0 Å². The van der Waals surface area contributed by atoms with E-state index in [0.717, 1.165) is 12.0 Å². The molecule has 0 aliphatic rings. The Morgan fingerprint density at radius 3 is 2.70 bits per heavy atom. The maximum Gasteiger partial charge on any atom is 0.216 e. The number of amides is 1. The maximum absolute atomic E-state index is 12.1. The van der Waals surface area contributed by atoms with Crippen molar-refractivity contribution in [3.05, 3.63) is 48.0 Å². The van der Waals surface area contributed by atoms with E-state index in [2.05, 4.69) is 23.5 Å². The molecule has 0 saturated heterocycles. The van der Waals surface area contributed by atoms with Crippen LogP contribution in [0.15, 0.2) is 42.5 Å². The van der Waals surface area contributed by atoms with Crippen molar-refractivity contribution in [3.63, 3.8) is 0 Å². The third kappa shape index (κ3) is 4.17. The third-order valence-electron chi connectivity index (χ3n) is 3.12. The van der Waals surface area contributed by atoms with E-state index in [9.17, 15) is 9.00 Å². The van der Waals surface area contributed by atoms with E-state index in [0.29, 0.717) is 18.1 Å². The van der Waals surface area contributed by atoms with Gasteiger partial charge in [-0.1, -0.05) is 42.5 Å². The summed E-state index contributed by atoms with van der Waals surface area (Å²) in [5, 5.41) is 5.07. The molecule has 1 N–H and O–H groups in total. The Bertz CT molecular complexity index is 619. The van der Waals surface area contributed by atoms with Gasteiger partial charge in [-0.25, -0.2) is 0 Å². The summed E-state index contributed by atoms with van der Waals surface area (Å²) in [6.45, 7) is 2.09. The average Bonchev–Trinajstić information content (AvgIpc) is 2.44. The first-order chi connectivity index (χ1) is 9.66. The van der Waals surface area contributed by atoms with Crippen molar-refractivity contribution in [3.8, 4) is 0 Å². The number of nitrogens with one attached hydrogen (secondary N) is 1. The lowest BCUT2D eigenvalue weighted by molar-refractivity contribution is -0.118. The largest absolute Gasteiger partial charge is 0.356 e. The van der Waals surface area contributed by atoms with Gasteiger partial charge in [0, 0.05) is 35.8 Å². The highest BCUT2D eigenvalue weighted by atomic mass is 32.2. The Morgan fingerprint density at radius 1 is 1.15 bits per heavy atom. The Hall–Kier alpha value is -1.68. The molecule has 0 fully saturated rings. The second-order valence-electron chi connectivity index (χ2n) is 4.76. The molecule has 0 bridgehead atoms. The molecule has 2 aromatic carbocycles. The van der Waals surface area contributed by atoms with Gasteiger partial charge >= 0.3 is 0 Å². The Kier molecular flexibility index (Phi) is 5.30. The molecule has 4 heteroatoms. The van der Waals surface area contributed by atoms with Crippen molar-refractivity contribution in [2.75, 3.05) is 12.3 Å². The van der Waals surface area contributed by atoms with E-state index in [1.807, 2.05) is 24.3 Å². The zero-order valence-corrected chi connectivity index (χ0v) is 12.4. The summed E-state index contributed by atoms with van der Waals surface area (Å²) >= 11 is 0. The van der Waals surface area contributed by atoms with Crippen LogP contribution >= 0.6 is 0 Å². The fourth-order valence-corrected chi connectivity index (χ4v) is 3.37. The van der Waals surface area contributed by atoms with Gasteiger partial charge in [-0.15, -0.1) is 0 Å². The molecular weight excluding hydrogens is 270 g/mol. The van der Waals surface area contributed by atoms with Gasteiger partial charge in [-0.05, 0) is 22.8 Å². The number of hydrogen-bond acceptors (Lipinski definition) is 2. The minimum absolute atomic E-state index is 0.0372. The van der Waals surface area contributed by atoms with Crippen molar-refractivity contribution in [2.45, 2.75) is 19.1 Å². The van der Waals surface area contributed by atoms with Crippen LogP contribution in [0, 0.1) is 0 Å². The number of benzene rings is 2. The van der Waals surface area contributed by atoms with Crippen molar-refractivity contribution < 1.29 is 9.00 Å². The predicted molar refractivity (Wildman–Crippen MR) is 84.0 cm³/mol. The first-order valence-electron chi connectivity index (χ1n) is 6.73. The molecule has 106 valence electrons. The monoisotopic (exact) mass is 289 g/mol. The summed E-state index contributed by atoms with van der Waals surface area (Å²) < 4.78 is 12.1. The summed E-state index contributed by atoms with van der Waals surface area (Å²) in [6.07, 6.45) is 0.747. The molecule has 3 nitrogen and oxygen atoms in total. The lowest BCUT2D eigenvalue weighted by Crippen LogP contribution is -2.22. The fraction of sp³-hybridized carbons (Fsp3) is 0.312. The lowest BCUT2D eigenvalue weighted by atomic mass is 10.1. The lowest BCUT2D eigenvalue weighted by Gasteiger charge is -2.07. The highest BCUT2D eigenvalue weighted by Gasteiger charge is 2.05. The van der Waals surface area contributed by atoms with Crippen LogP contribution in [0.1, 0.15) is 18.9 Å². The normalized spacial score (nSPS) is 12.2. The van der Waals surface area contributed by atoms with Crippen LogP contribution in [0.4, 0.5) is 0 Å². The van der Waals surface area contributed by atoms with Crippen LogP contribution in [0.25, 0.3) is 10.8 Å². The second-order valence-corrected chi connectivity index (χ2v) is 6.34. The smallest absolute Gasteiger partial charge is 0.216 e. The number of fused-ring (bicyclic) bond motifs is 1. The molecule has 0 aliphatic carbocycles. The van der Waals surface area contributed by atoms with E-state index < -0.39 is 10.8 Å². The molecule has 0 aromatic heterocycles. The van der Waals surface area contributed by atoms with Crippen LogP contribution in [0.3, 0.4) is 0 Å². The number of rotatable bonds is 6. The molecule has 0 spiro atoms. The highest BCUT2D eigenvalue weighted by molar-refractivity contribution is 7.84. The molecule has 0 unspecified atom stereocenters. The van der Waals surface area contributed by atoms with Crippen LogP contribution in [-0.2, 0) is 21.3 Å². The van der Waals surface area contributed by atoms with Crippen LogP contribution in [0.5, 0.6) is 0 Å². The van der Waals surface area contributed by atoms with Gasteiger partial charge in [0.05, 0.1) is 0 Å². The zero-order valence-electron chi connectivity index (χ0n) is 11.6. The second kappa shape index (κ2) is 7.20. The summed E-state index contributed by atoms with van der Waals surface area (Å²) in [5.41, 5.74) is 1.13. The van der Waals surface area contributed by atoms with Crippen LogP contribution < -0.4 is 5.32 Å². The van der Waals surface area contributed by atoms with Gasteiger partial charge in [0.15, 0.2) is 0 Å². The topological polar surface area (TPSA) is 46.2 Å². The van der Waals surface area contributed by atoms with Crippen molar-refractivity contribution >= 4 is 27.5 Å². The molecule has 0 aliphatic heterocycles. The molecular formula is C16H19NO2S. The zero-order chi connectivity index (χ0) is 14.4. The first kappa shape index (κ1) is 14.7. The molecule has 0 radical (unpaired) electrons. The fourth-order valence-electron chi connectivity index (χ4n) is 2.16. The Labute approximate surface area is 121 Å². The van der Waals surface area contributed by atoms with E-state index in [-0.39, 0.29) is 5.91 Å². The van der Waals surface area contributed by atoms with Gasteiger partial charge < -0.3 is 5.32 Å². The third-order valence-corrected chi connectivity index (χ3v) is 4.50. The summed E-state index contributed by atoms with van der Waals surface area (Å²) in [4.78, 5) is 10.7. The summed E-state index contributed by atoms with van der Waals surface area (Å²) in [5.74, 6) is 1.15. The quantitative estimate of drug-likeness (QED) is 0.831. The van der Waals surface area contributed by atoms with Gasteiger partial charge in [0.25, 0.3) is 0 Å². The molecule has 2 aromatic rings. The Morgan fingerprint density at radius 2 is 1.90 bits per heavy atom. The summed E-state index contributed by atoms with van der Waals surface area (Å²) in [6, 6.07) is 14.3.